The molecule has 2 aromatic heterocycles. The van der Waals surface area contributed by atoms with Crippen LogP contribution >= 0.6 is 0 Å². The lowest BCUT2D eigenvalue weighted by Gasteiger charge is -2.30. The van der Waals surface area contributed by atoms with E-state index in [0.717, 1.165) is 45.6 Å². The second-order valence-corrected chi connectivity index (χ2v) is 8.79. The van der Waals surface area contributed by atoms with Gasteiger partial charge >= 0.3 is 0 Å². The summed E-state index contributed by atoms with van der Waals surface area (Å²) < 4.78 is 2.18. The molecule has 0 saturated heterocycles. The average Bonchev–Trinajstić information content (AvgIpc) is 3.36. The summed E-state index contributed by atoms with van der Waals surface area (Å²) in [5, 5.41) is 4.53. The van der Waals surface area contributed by atoms with E-state index in [1.54, 1.807) is 6.33 Å². The van der Waals surface area contributed by atoms with Crippen LogP contribution in [-0.4, -0.2) is 26.4 Å². The Balaban J connectivity index is 1.62. The second kappa shape index (κ2) is 5.65. The van der Waals surface area contributed by atoms with E-state index >= 15 is 0 Å². The number of hydrogen-bond acceptors (Lipinski definition) is 4. The number of hydrogen-bond donors (Lipinski definition) is 1. The fourth-order valence-electron chi connectivity index (χ4n) is 4.24. The van der Waals surface area contributed by atoms with E-state index in [0.29, 0.717) is 12.5 Å². The van der Waals surface area contributed by atoms with Crippen molar-refractivity contribution < 1.29 is 4.79 Å². The number of carbonyl (C=O) groups excluding carboxylic acids is 1. The fourth-order valence-corrected chi connectivity index (χ4v) is 4.24. The highest BCUT2D eigenvalue weighted by molar-refractivity contribution is 6.00. The first-order chi connectivity index (χ1) is 12.9. The van der Waals surface area contributed by atoms with Crippen LogP contribution in [-0.2, 0) is 6.42 Å². The van der Waals surface area contributed by atoms with Crippen molar-refractivity contribution in [2.75, 3.05) is 5.32 Å². The van der Waals surface area contributed by atoms with Gasteiger partial charge in [0, 0.05) is 41.0 Å². The van der Waals surface area contributed by atoms with E-state index in [9.17, 15) is 4.79 Å². The van der Waals surface area contributed by atoms with Crippen LogP contribution in [0.25, 0.3) is 16.6 Å². The summed E-state index contributed by atoms with van der Waals surface area (Å²) >= 11 is 0. The molecule has 0 radical (unpaired) electrons. The molecule has 5 nitrogen and oxygen atoms in total. The molecule has 1 aromatic carbocycles. The average molecular weight is 360 g/mol. The maximum absolute atomic E-state index is 12.7. The maximum Gasteiger partial charge on any atom is 0.165 e. The van der Waals surface area contributed by atoms with Crippen LogP contribution in [0, 0.1) is 12.3 Å². The van der Waals surface area contributed by atoms with Gasteiger partial charge < -0.3 is 9.88 Å². The normalized spacial score (nSPS) is 18.6. The minimum Gasteiger partial charge on any atom is -0.367 e. The highest BCUT2D eigenvalue weighted by Crippen LogP contribution is 2.38. The van der Waals surface area contributed by atoms with Crippen molar-refractivity contribution in [3.8, 4) is 5.69 Å². The van der Waals surface area contributed by atoms with Gasteiger partial charge in [0.25, 0.3) is 0 Å². The highest BCUT2D eigenvalue weighted by atomic mass is 16.1. The Labute approximate surface area is 158 Å². The summed E-state index contributed by atoms with van der Waals surface area (Å²) in [6, 6.07) is 6.85. The minimum atomic E-state index is -0.00695. The lowest BCUT2D eigenvalue weighted by Crippen LogP contribution is -2.28. The smallest absolute Gasteiger partial charge is 0.165 e. The van der Waals surface area contributed by atoms with Crippen molar-refractivity contribution in [1.82, 2.24) is 14.5 Å². The number of ketones is 1. The van der Waals surface area contributed by atoms with Crippen LogP contribution in [0.1, 0.15) is 54.7 Å². The Morgan fingerprint density at radius 2 is 2.00 bits per heavy atom. The molecule has 138 valence electrons. The van der Waals surface area contributed by atoms with Crippen LogP contribution in [0.2, 0.25) is 0 Å². The van der Waals surface area contributed by atoms with Gasteiger partial charge in [0.15, 0.2) is 5.78 Å². The molecule has 5 rings (SSSR count). The number of carbonyl (C=O) groups is 1. The number of nitrogens with zero attached hydrogens (tertiary/aromatic N) is 3. The molecule has 1 saturated carbocycles. The fraction of sp³-hybridized carbons (Fsp3) is 0.409. The summed E-state index contributed by atoms with van der Waals surface area (Å²) in [7, 11) is 0. The molecule has 0 unspecified atom stereocenters. The van der Waals surface area contributed by atoms with Gasteiger partial charge in [0.05, 0.1) is 5.52 Å². The number of rotatable bonds is 3. The first-order valence-corrected chi connectivity index (χ1v) is 9.67. The van der Waals surface area contributed by atoms with E-state index in [1.165, 1.54) is 12.8 Å². The monoisotopic (exact) mass is 360 g/mol. The van der Waals surface area contributed by atoms with Gasteiger partial charge in [0.2, 0.25) is 0 Å². The number of nitrogens with one attached hydrogen (secondary N) is 1. The van der Waals surface area contributed by atoms with Crippen molar-refractivity contribution >= 4 is 22.5 Å². The Morgan fingerprint density at radius 1 is 1.19 bits per heavy atom. The van der Waals surface area contributed by atoms with Gasteiger partial charge in [-0.2, -0.15) is 0 Å². The third kappa shape index (κ3) is 2.82. The molecule has 27 heavy (non-hydrogen) atoms. The molecular weight excluding hydrogens is 336 g/mol. The molecule has 2 heterocycles. The predicted octanol–water partition coefficient (Wildman–Crippen LogP) is 4.46. The van der Waals surface area contributed by atoms with Crippen LogP contribution in [0.5, 0.6) is 0 Å². The summed E-state index contributed by atoms with van der Waals surface area (Å²) in [6.07, 6.45) is 7.66. The summed E-state index contributed by atoms with van der Waals surface area (Å²) in [5.41, 5.74) is 5.06. The zero-order valence-corrected chi connectivity index (χ0v) is 16.0. The van der Waals surface area contributed by atoms with Crippen molar-refractivity contribution in [3.05, 3.63) is 47.5 Å². The Kier molecular flexibility index (Phi) is 3.45. The van der Waals surface area contributed by atoms with E-state index in [-0.39, 0.29) is 11.2 Å². The maximum atomic E-state index is 12.7. The molecule has 0 bridgehead atoms. The molecule has 0 atom stereocenters. The van der Waals surface area contributed by atoms with Crippen molar-refractivity contribution in [2.24, 2.45) is 5.41 Å². The number of Topliss-reactive ketones (excluding diaryl/α,β-unsaturated/α-hetero) is 1. The number of benzene rings is 1. The zero-order chi connectivity index (χ0) is 18.8. The molecule has 0 aliphatic heterocycles. The summed E-state index contributed by atoms with van der Waals surface area (Å²) in [4.78, 5) is 21.6. The van der Waals surface area contributed by atoms with Gasteiger partial charge in [-0.3, -0.25) is 4.79 Å². The Morgan fingerprint density at radius 3 is 2.78 bits per heavy atom. The highest BCUT2D eigenvalue weighted by Gasteiger charge is 2.34. The van der Waals surface area contributed by atoms with Crippen molar-refractivity contribution in [3.63, 3.8) is 0 Å². The largest absolute Gasteiger partial charge is 0.367 e. The van der Waals surface area contributed by atoms with Crippen LogP contribution in [0.15, 0.2) is 30.7 Å². The molecular formula is C22H24N4O. The van der Waals surface area contributed by atoms with Gasteiger partial charge in [-0.25, -0.2) is 9.97 Å². The zero-order valence-electron chi connectivity index (χ0n) is 16.0. The van der Waals surface area contributed by atoms with Gasteiger partial charge in [0.1, 0.15) is 12.1 Å². The third-order valence-electron chi connectivity index (χ3n) is 5.68. The minimum absolute atomic E-state index is 0.00695. The van der Waals surface area contributed by atoms with Gasteiger partial charge in [-0.15, -0.1) is 0 Å². The molecule has 5 heteroatoms. The molecule has 1 fully saturated rings. The first kappa shape index (κ1) is 16.5. The Bertz CT molecular complexity index is 1080. The topological polar surface area (TPSA) is 59.8 Å². The van der Waals surface area contributed by atoms with Gasteiger partial charge in [-0.1, -0.05) is 13.8 Å². The Hall–Kier alpha value is -2.69. The molecule has 2 aliphatic carbocycles. The summed E-state index contributed by atoms with van der Waals surface area (Å²) in [6.45, 7) is 6.38. The lowest BCUT2D eigenvalue weighted by molar-refractivity contribution is 0.0910. The van der Waals surface area contributed by atoms with Crippen molar-refractivity contribution in [1.29, 1.82) is 0 Å². The van der Waals surface area contributed by atoms with Crippen molar-refractivity contribution in [2.45, 2.75) is 52.5 Å². The molecule has 2 aliphatic rings. The van der Waals surface area contributed by atoms with Gasteiger partial charge in [-0.05, 0) is 55.4 Å². The number of anilines is 1. The number of aryl methyl sites for hydroxylation is 1. The number of aromatic nitrogens is 3. The van der Waals surface area contributed by atoms with E-state index < -0.39 is 0 Å². The quantitative estimate of drug-likeness (QED) is 0.749. The molecule has 3 aromatic rings. The predicted molar refractivity (Wildman–Crippen MR) is 107 cm³/mol. The van der Waals surface area contributed by atoms with Crippen LogP contribution < -0.4 is 5.32 Å². The third-order valence-corrected chi connectivity index (χ3v) is 5.68. The SMILES string of the molecule is Cc1cn(-c2ccc3c(NC4CC4)ncnc3c2)c2c1C(=O)CC(C)(C)C2. The van der Waals surface area contributed by atoms with Crippen LogP contribution in [0.4, 0.5) is 5.82 Å². The number of fused-ring (bicyclic) bond motifs is 2. The van der Waals surface area contributed by atoms with E-state index in [2.05, 4.69) is 58.1 Å². The molecule has 0 amide bonds. The standard InChI is InChI=1S/C22H24N4O/c1-13-11-26(18-9-22(2,3)10-19(27)20(13)18)15-6-7-16-17(8-15)23-12-24-21(16)25-14-4-5-14/h6-8,11-12,14H,4-5,9-10H2,1-3H3,(H,23,24,25). The lowest BCUT2D eigenvalue weighted by atomic mass is 9.75. The first-order valence-electron chi connectivity index (χ1n) is 9.67. The second-order valence-electron chi connectivity index (χ2n) is 8.79. The van der Waals surface area contributed by atoms with Crippen LogP contribution in [0.3, 0.4) is 0 Å². The molecule has 1 N–H and O–H groups in total. The van der Waals surface area contributed by atoms with E-state index in [1.807, 2.05) is 6.92 Å². The van der Waals surface area contributed by atoms with E-state index in [4.69, 9.17) is 0 Å². The molecule has 0 spiro atoms. The summed E-state index contributed by atoms with van der Waals surface area (Å²) in [5.74, 6) is 1.17.